The number of hydrogen-bond acceptors (Lipinski definition) is 3. The number of anilines is 1. The fourth-order valence-corrected chi connectivity index (χ4v) is 3.25. The van der Waals surface area contributed by atoms with E-state index in [-0.39, 0.29) is 11.7 Å². The highest BCUT2D eigenvalue weighted by Crippen LogP contribution is 2.26. The zero-order chi connectivity index (χ0) is 19.1. The van der Waals surface area contributed by atoms with Crippen molar-refractivity contribution < 1.29 is 8.78 Å². The Hall–Kier alpha value is -2.64. The summed E-state index contributed by atoms with van der Waals surface area (Å²) in [5, 5.41) is 6.62. The van der Waals surface area contributed by atoms with E-state index in [1.807, 2.05) is 17.7 Å². The zero-order valence-electron chi connectivity index (χ0n) is 15.5. The topological polar surface area (TPSA) is 57.5 Å². The maximum absolute atomic E-state index is 14.0. The number of aromatic nitrogens is 2. The molecule has 1 fully saturated rings. The molecule has 2 heterocycles. The molecule has 146 valence electrons. The van der Waals surface area contributed by atoms with E-state index in [9.17, 15) is 8.78 Å². The smallest absolute Gasteiger partial charge is 0.191 e. The van der Waals surface area contributed by atoms with Crippen molar-refractivity contribution in [3.63, 3.8) is 0 Å². The van der Waals surface area contributed by atoms with Crippen molar-refractivity contribution in [1.29, 1.82) is 0 Å². The number of rotatable bonds is 7. The summed E-state index contributed by atoms with van der Waals surface area (Å²) in [4.78, 5) is 10.4. The first-order valence-corrected chi connectivity index (χ1v) is 9.37. The predicted octanol–water partition coefficient (Wildman–Crippen LogP) is 2.39. The molecule has 2 aromatic rings. The van der Waals surface area contributed by atoms with E-state index in [1.165, 1.54) is 18.2 Å². The summed E-state index contributed by atoms with van der Waals surface area (Å²) in [6.45, 7) is 5.47. The molecule has 1 aliphatic rings. The number of imidazole rings is 1. The Bertz CT molecular complexity index is 726. The molecule has 8 heteroatoms. The first-order chi connectivity index (χ1) is 13.2. The lowest BCUT2D eigenvalue weighted by Crippen LogP contribution is -2.44. The first kappa shape index (κ1) is 19.1. The molecule has 1 aromatic heterocycles. The van der Waals surface area contributed by atoms with Gasteiger partial charge in [0.05, 0.1) is 6.33 Å². The van der Waals surface area contributed by atoms with Gasteiger partial charge in [-0.15, -0.1) is 0 Å². The van der Waals surface area contributed by atoms with E-state index in [0.29, 0.717) is 19.6 Å². The van der Waals surface area contributed by atoms with Gasteiger partial charge in [0.25, 0.3) is 0 Å². The third kappa shape index (κ3) is 5.18. The van der Waals surface area contributed by atoms with Crippen molar-refractivity contribution in [2.45, 2.75) is 32.4 Å². The maximum atomic E-state index is 14.0. The van der Waals surface area contributed by atoms with Crippen molar-refractivity contribution in [3.8, 4) is 0 Å². The average molecular weight is 376 g/mol. The standard InChI is InChI=1S/C19H26F2N6/c1-2-23-19(24-8-4-10-26-12-9-22-14-26)25-15-7-11-27(13-15)18-16(20)5-3-6-17(18)21/h3,5-6,9,12,14-15H,2,4,7-8,10-11,13H2,1H3,(H2,23,24,25). The van der Waals surface area contributed by atoms with Gasteiger partial charge in [-0.25, -0.2) is 13.8 Å². The molecule has 0 radical (unpaired) electrons. The molecule has 2 N–H and O–H groups in total. The second kappa shape index (κ2) is 9.34. The molecule has 0 bridgehead atoms. The zero-order valence-corrected chi connectivity index (χ0v) is 15.5. The van der Waals surface area contributed by atoms with Crippen LogP contribution >= 0.6 is 0 Å². The van der Waals surface area contributed by atoms with Crippen LogP contribution in [0.5, 0.6) is 0 Å². The van der Waals surface area contributed by atoms with Gasteiger partial charge in [0, 0.05) is 51.2 Å². The van der Waals surface area contributed by atoms with Crippen LogP contribution in [-0.4, -0.2) is 47.7 Å². The summed E-state index contributed by atoms with van der Waals surface area (Å²) in [5.74, 6) is -0.296. The Balaban J connectivity index is 1.53. The number of aryl methyl sites for hydroxylation is 1. The van der Waals surface area contributed by atoms with Gasteiger partial charge in [-0.3, -0.25) is 4.99 Å². The number of halogens is 2. The largest absolute Gasteiger partial charge is 0.365 e. The van der Waals surface area contributed by atoms with Gasteiger partial charge in [-0.2, -0.15) is 0 Å². The molecule has 3 rings (SSSR count). The normalized spacial score (nSPS) is 17.4. The van der Waals surface area contributed by atoms with Crippen LogP contribution in [0, 0.1) is 11.6 Å². The second-order valence-corrected chi connectivity index (χ2v) is 6.56. The first-order valence-electron chi connectivity index (χ1n) is 9.37. The van der Waals surface area contributed by atoms with Crippen LogP contribution in [0.3, 0.4) is 0 Å². The van der Waals surface area contributed by atoms with Crippen molar-refractivity contribution >= 4 is 11.6 Å². The van der Waals surface area contributed by atoms with Crippen LogP contribution in [0.4, 0.5) is 14.5 Å². The van der Waals surface area contributed by atoms with Crippen molar-refractivity contribution in [2.24, 2.45) is 4.99 Å². The Morgan fingerprint density at radius 2 is 2.15 bits per heavy atom. The van der Waals surface area contributed by atoms with Crippen LogP contribution in [0.25, 0.3) is 0 Å². The molecule has 1 unspecified atom stereocenters. The van der Waals surface area contributed by atoms with E-state index in [4.69, 9.17) is 0 Å². The molecule has 1 aliphatic heterocycles. The molecule has 6 nitrogen and oxygen atoms in total. The number of hydrogen-bond donors (Lipinski definition) is 2. The molecule has 1 aromatic carbocycles. The Morgan fingerprint density at radius 1 is 1.33 bits per heavy atom. The summed E-state index contributed by atoms with van der Waals surface area (Å²) >= 11 is 0. The van der Waals surface area contributed by atoms with Gasteiger partial charge in [0.15, 0.2) is 5.96 Å². The Labute approximate surface area is 158 Å². The van der Waals surface area contributed by atoms with E-state index in [1.54, 1.807) is 17.4 Å². The fraction of sp³-hybridized carbons (Fsp3) is 0.474. The quantitative estimate of drug-likeness (QED) is 0.443. The summed E-state index contributed by atoms with van der Waals surface area (Å²) in [6, 6.07) is 4.07. The van der Waals surface area contributed by atoms with Gasteiger partial charge < -0.3 is 20.1 Å². The molecule has 0 spiro atoms. The third-order valence-electron chi connectivity index (χ3n) is 4.53. The number of nitrogens with zero attached hydrogens (tertiary/aromatic N) is 4. The molecule has 1 saturated heterocycles. The number of aliphatic imine (C=N–C) groups is 1. The summed E-state index contributed by atoms with van der Waals surface area (Å²) in [5.41, 5.74) is 0.0593. The van der Waals surface area contributed by atoms with Gasteiger partial charge >= 0.3 is 0 Å². The SMILES string of the molecule is CCNC(=NCCCn1ccnc1)NC1CCN(c2c(F)cccc2F)C1. The van der Waals surface area contributed by atoms with Crippen LogP contribution in [0.1, 0.15) is 19.8 Å². The van der Waals surface area contributed by atoms with Crippen molar-refractivity contribution in [1.82, 2.24) is 20.2 Å². The van der Waals surface area contributed by atoms with E-state index in [0.717, 1.165) is 31.9 Å². The van der Waals surface area contributed by atoms with Crippen LogP contribution in [-0.2, 0) is 6.54 Å². The summed E-state index contributed by atoms with van der Waals surface area (Å²) in [7, 11) is 0. The molecule has 1 atom stereocenters. The monoisotopic (exact) mass is 376 g/mol. The Kier molecular flexibility index (Phi) is 6.62. The lowest BCUT2D eigenvalue weighted by Gasteiger charge is -2.21. The highest BCUT2D eigenvalue weighted by molar-refractivity contribution is 5.80. The predicted molar refractivity (Wildman–Crippen MR) is 103 cm³/mol. The lowest BCUT2D eigenvalue weighted by atomic mass is 10.2. The summed E-state index contributed by atoms with van der Waals surface area (Å²) in [6.07, 6.45) is 7.20. The van der Waals surface area contributed by atoms with Crippen molar-refractivity contribution in [3.05, 3.63) is 48.6 Å². The van der Waals surface area contributed by atoms with Crippen molar-refractivity contribution in [2.75, 3.05) is 31.1 Å². The van der Waals surface area contributed by atoms with E-state index in [2.05, 4.69) is 20.6 Å². The minimum atomic E-state index is -0.518. The van der Waals surface area contributed by atoms with Gasteiger partial charge in [0.1, 0.15) is 17.3 Å². The van der Waals surface area contributed by atoms with Crippen LogP contribution < -0.4 is 15.5 Å². The molecular weight excluding hydrogens is 350 g/mol. The van der Waals surface area contributed by atoms with E-state index >= 15 is 0 Å². The molecular formula is C19H26F2N6. The number of nitrogens with one attached hydrogen (secondary N) is 2. The average Bonchev–Trinajstić information content (AvgIpc) is 3.31. The summed E-state index contributed by atoms with van der Waals surface area (Å²) < 4.78 is 30.0. The molecule has 0 aliphatic carbocycles. The number of benzene rings is 1. The number of para-hydroxylation sites is 1. The minimum absolute atomic E-state index is 0.0593. The minimum Gasteiger partial charge on any atom is -0.365 e. The Morgan fingerprint density at radius 3 is 2.85 bits per heavy atom. The third-order valence-corrected chi connectivity index (χ3v) is 4.53. The highest BCUT2D eigenvalue weighted by Gasteiger charge is 2.27. The fourth-order valence-electron chi connectivity index (χ4n) is 3.25. The highest BCUT2D eigenvalue weighted by atomic mass is 19.1. The van der Waals surface area contributed by atoms with Crippen LogP contribution in [0.2, 0.25) is 0 Å². The van der Waals surface area contributed by atoms with E-state index < -0.39 is 11.6 Å². The molecule has 27 heavy (non-hydrogen) atoms. The van der Waals surface area contributed by atoms with Gasteiger partial charge in [0.2, 0.25) is 0 Å². The number of guanidine groups is 1. The molecule has 0 amide bonds. The maximum Gasteiger partial charge on any atom is 0.191 e. The van der Waals surface area contributed by atoms with Gasteiger partial charge in [-0.05, 0) is 31.9 Å². The van der Waals surface area contributed by atoms with Gasteiger partial charge in [-0.1, -0.05) is 6.07 Å². The second-order valence-electron chi connectivity index (χ2n) is 6.56. The van der Waals surface area contributed by atoms with Crippen LogP contribution in [0.15, 0.2) is 41.9 Å². The lowest BCUT2D eigenvalue weighted by molar-refractivity contribution is 0.575. The molecule has 0 saturated carbocycles.